The lowest BCUT2D eigenvalue weighted by Gasteiger charge is -2.14. The van der Waals surface area contributed by atoms with Crippen LogP contribution in [-0.4, -0.2) is 25.0 Å². The zero-order chi connectivity index (χ0) is 19.6. The second kappa shape index (κ2) is 7.40. The maximum atomic E-state index is 12.8. The van der Waals surface area contributed by atoms with Gasteiger partial charge in [0.15, 0.2) is 6.04 Å². The van der Waals surface area contributed by atoms with Gasteiger partial charge in [0.2, 0.25) is 5.91 Å². The zero-order valence-corrected chi connectivity index (χ0v) is 14.5. The molecule has 3 rings (SSSR count). The van der Waals surface area contributed by atoms with Gasteiger partial charge in [-0.15, -0.1) is 0 Å². The third kappa shape index (κ3) is 4.11. The number of ether oxygens (including phenoxy) is 1. The molecule has 142 valence electrons. The molecular formula is C19H18F3N2O3+. The van der Waals surface area contributed by atoms with Gasteiger partial charge in [-0.2, -0.15) is 13.2 Å². The van der Waals surface area contributed by atoms with Crippen LogP contribution in [0.25, 0.3) is 0 Å². The van der Waals surface area contributed by atoms with Crippen LogP contribution in [0.5, 0.6) is 5.75 Å². The van der Waals surface area contributed by atoms with E-state index in [-0.39, 0.29) is 24.8 Å². The van der Waals surface area contributed by atoms with E-state index in [9.17, 15) is 22.8 Å². The van der Waals surface area contributed by atoms with Crippen molar-refractivity contribution in [1.29, 1.82) is 0 Å². The van der Waals surface area contributed by atoms with E-state index in [1.165, 1.54) is 13.2 Å². The van der Waals surface area contributed by atoms with E-state index in [2.05, 4.69) is 0 Å². The number of nitrogens with two attached hydrogens (primary N) is 1. The molecule has 1 saturated heterocycles. The van der Waals surface area contributed by atoms with Crippen LogP contribution in [0.3, 0.4) is 0 Å². The van der Waals surface area contributed by atoms with Crippen LogP contribution in [0.15, 0.2) is 48.5 Å². The molecule has 1 fully saturated rings. The lowest BCUT2D eigenvalue weighted by atomic mass is 10.1. The lowest BCUT2D eigenvalue weighted by Crippen LogP contribution is -2.90. The molecule has 2 N–H and O–H groups in total. The van der Waals surface area contributed by atoms with Crippen molar-refractivity contribution in [2.75, 3.05) is 12.0 Å². The van der Waals surface area contributed by atoms with Crippen molar-refractivity contribution in [2.24, 2.45) is 0 Å². The number of alkyl halides is 3. The number of imide groups is 1. The summed E-state index contributed by atoms with van der Waals surface area (Å²) in [5.74, 6) is -0.113. The van der Waals surface area contributed by atoms with Crippen LogP contribution in [-0.2, 0) is 22.3 Å². The molecular weight excluding hydrogens is 361 g/mol. The molecule has 2 aromatic rings. The van der Waals surface area contributed by atoms with Gasteiger partial charge in [-0.3, -0.25) is 9.59 Å². The van der Waals surface area contributed by atoms with E-state index < -0.39 is 17.8 Å². The summed E-state index contributed by atoms with van der Waals surface area (Å²) in [6.07, 6.45) is -4.41. The van der Waals surface area contributed by atoms with E-state index >= 15 is 0 Å². The van der Waals surface area contributed by atoms with Gasteiger partial charge in [0.05, 0.1) is 24.8 Å². The zero-order valence-electron chi connectivity index (χ0n) is 14.5. The highest BCUT2D eigenvalue weighted by Gasteiger charge is 2.42. The second-order valence-corrected chi connectivity index (χ2v) is 6.21. The van der Waals surface area contributed by atoms with Crippen molar-refractivity contribution in [1.82, 2.24) is 0 Å². The fraction of sp³-hybridized carbons (Fsp3) is 0.263. The number of hydrogen-bond acceptors (Lipinski definition) is 3. The molecule has 0 spiro atoms. The summed E-state index contributed by atoms with van der Waals surface area (Å²) in [6, 6.07) is 10.8. The second-order valence-electron chi connectivity index (χ2n) is 6.21. The van der Waals surface area contributed by atoms with Crippen LogP contribution < -0.4 is 15.0 Å². The number of anilines is 1. The molecule has 1 atom stereocenters. The van der Waals surface area contributed by atoms with Gasteiger partial charge in [-0.1, -0.05) is 12.1 Å². The predicted molar refractivity (Wildman–Crippen MR) is 91.0 cm³/mol. The molecule has 1 heterocycles. The summed E-state index contributed by atoms with van der Waals surface area (Å²) in [6.45, 7) is 0.171. The third-order valence-electron chi connectivity index (χ3n) is 4.40. The molecule has 8 heteroatoms. The Bertz CT molecular complexity index is 850. The Kier molecular flexibility index (Phi) is 5.18. The van der Waals surface area contributed by atoms with Crippen molar-refractivity contribution in [3.05, 3.63) is 59.7 Å². The first kappa shape index (κ1) is 18.9. The Morgan fingerprint density at radius 3 is 2.48 bits per heavy atom. The molecule has 1 aliphatic rings. The fourth-order valence-electron chi connectivity index (χ4n) is 3.00. The van der Waals surface area contributed by atoms with Crippen molar-refractivity contribution in [3.63, 3.8) is 0 Å². The number of methoxy groups -OCH3 is 1. The lowest BCUT2D eigenvalue weighted by molar-refractivity contribution is -0.690. The fourth-order valence-corrected chi connectivity index (χ4v) is 3.00. The number of nitrogens with zero attached hydrogens (tertiary/aromatic N) is 1. The van der Waals surface area contributed by atoms with Crippen LogP contribution in [0.2, 0.25) is 0 Å². The maximum absolute atomic E-state index is 12.8. The number of hydrogen-bond donors (Lipinski definition) is 1. The summed E-state index contributed by atoms with van der Waals surface area (Å²) >= 11 is 0. The van der Waals surface area contributed by atoms with Crippen molar-refractivity contribution < 1.29 is 32.8 Å². The number of quaternary nitrogens is 1. The van der Waals surface area contributed by atoms with E-state index in [4.69, 9.17) is 4.74 Å². The van der Waals surface area contributed by atoms with E-state index in [0.29, 0.717) is 17.0 Å². The Morgan fingerprint density at radius 2 is 1.85 bits per heavy atom. The van der Waals surface area contributed by atoms with Gasteiger partial charge >= 0.3 is 6.18 Å². The molecule has 0 unspecified atom stereocenters. The molecule has 0 bridgehead atoms. The number of benzene rings is 2. The third-order valence-corrected chi connectivity index (χ3v) is 4.40. The first-order valence-corrected chi connectivity index (χ1v) is 8.30. The standard InChI is InChI=1S/C19H17F3N2O3/c1-27-15-7-5-14(6-8-15)24-17(25)10-16(18(24)26)23-11-12-3-2-4-13(9-12)19(20,21)22/h2-9,16,23H,10-11H2,1H3/p+1/t16-/m0/s1. The summed E-state index contributed by atoms with van der Waals surface area (Å²) in [7, 11) is 1.51. The summed E-state index contributed by atoms with van der Waals surface area (Å²) in [5, 5.41) is 1.60. The van der Waals surface area contributed by atoms with Crippen LogP contribution in [0, 0.1) is 0 Å². The van der Waals surface area contributed by atoms with Gasteiger partial charge in [0, 0.05) is 5.56 Å². The largest absolute Gasteiger partial charge is 0.497 e. The Labute approximate surface area is 153 Å². The van der Waals surface area contributed by atoms with Crippen LogP contribution in [0.4, 0.5) is 18.9 Å². The van der Waals surface area contributed by atoms with Crippen molar-refractivity contribution in [3.8, 4) is 5.75 Å². The molecule has 0 aliphatic carbocycles. The minimum absolute atomic E-state index is 0.00379. The molecule has 5 nitrogen and oxygen atoms in total. The highest BCUT2D eigenvalue weighted by Crippen LogP contribution is 2.29. The SMILES string of the molecule is COc1ccc(N2C(=O)C[C@H]([NH2+]Cc3cccc(C(F)(F)F)c3)C2=O)cc1. The minimum Gasteiger partial charge on any atom is -0.497 e. The number of amides is 2. The van der Waals surface area contributed by atoms with Crippen LogP contribution >= 0.6 is 0 Å². The van der Waals surface area contributed by atoms with E-state index in [1.54, 1.807) is 35.6 Å². The summed E-state index contributed by atoms with van der Waals surface area (Å²) in [5.41, 5.74) is 0.149. The average molecular weight is 379 g/mol. The first-order valence-electron chi connectivity index (χ1n) is 8.30. The highest BCUT2D eigenvalue weighted by atomic mass is 19.4. The number of carbonyl (C=O) groups excluding carboxylic acids is 2. The smallest absolute Gasteiger partial charge is 0.416 e. The molecule has 2 amide bonds. The van der Waals surface area contributed by atoms with E-state index in [1.807, 2.05) is 0 Å². The quantitative estimate of drug-likeness (QED) is 0.810. The van der Waals surface area contributed by atoms with Gasteiger partial charge < -0.3 is 10.1 Å². The predicted octanol–water partition coefficient (Wildman–Crippen LogP) is 2.11. The normalized spacial score (nSPS) is 17.5. The number of halogens is 3. The maximum Gasteiger partial charge on any atom is 0.416 e. The topological polar surface area (TPSA) is 63.2 Å². The Hall–Kier alpha value is -2.87. The van der Waals surface area contributed by atoms with Crippen molar-refractivity contribution in [2.45, 2.75) is 25.2 Å². The minimum atomic E-state index is -4.42. The van der Waals surface area contributed by atoms with E-state index in [0.717, 1.165) is 17.0 Å². The van der Waals surface area contributed by atoms with Gasteiger partial charge in [-0.25, -0.2) is 4.90 Å². The molecule has 0 radical (unpaired) electrons. The van der Waals surface area contributed by atoms with Crippen LogP contribution in [0.1, 0.15) is 17.5 Å². The van der Waals surface area contributed by atoms with Gasteiger partial charge in [0.1, 0.15) is 12.3 Å². The monoisotopic (exact) mass is 379 g/mol. The molecule has 0 saturated carbocycles. The number of rotatable bonds is 5. The highest BCUT2D eigenvalue weighted by molar-refractivity contribution is 6.21. The summed E-state index contributed by atoms with van der Waals surface area (Å²) < 4.78 is 43.4. The van der Waals surface area contributed by atoms with Crippen molar-refractivity contribution >= 4 is 17.5 Å². The summed E-state index contributed by atoms with van der Waals surface area (Å²) in [4.78, 5) is 25.9. The average Bonchev–Trinajstić information content (AvgIpc) is 2.93. The molecule has 1 aliphatic heterocycles. The molecule has 2 aromatic carbocycles. The molecule has 0 aromatic heterocycles. The number of carbonyl (C=O) groups is 2. The Balaban J connectivity index is 1.68. The van der Waals surface area contributed by atoms with Gasteiger partial charge in [-0.05, 0) is 36.4 Å². The first-order chi connectivity index (χ1) is 12.8. The van der Waals surface area contributed by atoms with Gasteiger partial charge in [0.25, 0.3) is 5.91 Å². The Morgan fingerprint density at radius 1 is 1.15 bits per heavy atom. The molecule has 27 heavy (non-hydrogen) atoms.